The van der Waals surface area contributed by atoms with E-state index in [9.17, 15) is 9.18 Å². The molecule has 1 rings (SSSR count). The average molecular weight is 262 g/mol. The molecule has 0 spiro atoms. The van der Waals surface area contributed by atoms with Crippen LogP contribution in [-0.2, 0) is 4.74 Å². The molecule has 0 fully saturated rings. The van der Waals surface area contributed by atoms with Crippen LogP contribution in [-0.4, -0.2) is 13.1 Å². The van der Waals surface area contributed by atoms with Crippen LogP contribution >= 0.6 is 0 Å². The molecule has 0 amide bonds. The number of rotatable bonds is 5. The van der Waals surface area contributed by atoms with Gasteiger partial charge in [0, 0.05) is 12.0 Å². The highest BCUT2D eigenvalue weighted by molar-refractivity contribution is 5.89. The topological polar surface area (TPSA) is 26.3 Å². The first-order chi connectivity index (χ1) is 9.19. The smallest absolute Gasteiger partial charge is 0.340 e. The minimum absolute atomic E-state index is 0.0593. The second kappa shape index (κ2) is 8.31. The largest absolute Gasteiger partial charge is 0.465 e. The van der Waals surface area contributed by atoms with E-state index in [0.717, 1.165) is 12.8 Å². The lowest BCUT2D eigenvalue weighted by Crippen LogP contribution is -2.04. The molecule has 0 unspecified atom stereocenters. The molecule has 0 aliphatic carbocycles. The maximum Gasteiger partial charge on any atom is 0.340 e. The van der Waals surface area contributed by atoms with E-state index in [1.54, 1.807) is 6.07 Å². The SMILES string of the molecule is CCCCCCC#Cc1ccc(C(=O)OC)c(F)c1. The van der Waals surface area contributed by atoms with E-state index < -0.39 is 11.8 Å². The van der Waals surface area contributed by atoms with Crippen molar-refractivity contribution < 1.29 is 13.9 Å². The summed E-state index contributed by atoms with van der Waals surface area (Å²) in [6.45, 7) is 2.16. The van der Waals surface area contributed by atoms with Crippen LogP contribution in [0.3, 0.4) is 0 Å². The minimum Gasteiger partial charge on any atom is -0.465 e. The summed E-state index contributed by atoms with van der Waals surface area (Å²) in [5.41, 5.74) is 0.525. The number of carbonyl (C=O) groups excluding carboxylic acids is 1. The van der Waals surface area contributed by atoms with Crippen LogP contribution in [0.25, 0.3) is 0 Å². The normalized spacial score (nSPS) is 9.63. The van der Waals surface area contributed by atoms with Gasteiger partial charge in [-0.2, -0.15) is 0 Å². The van der Waals surface area contributed by atoms with Gasteiger partial charge in [0.2, 0.25) is 0 Å². The number of esters is 1. The number of carbonyl (C=O) groups is 1. The van der Waals surface area contributed by atoms with E-state index in [-0.39, 0.29) is 5.56 Å². The fraction of sp³-hybridized carbons (Fsp3) is 0.438. The summed E-state index contributed by atoms with van der Waals surface area (Å²) in [5.74, 6) is 4.66. The lowest BCUT2D eigenvalue weighted by molar-refractivity contribution is 0.0595. The first-order valence-corrected chi connectivity index (χ1v) is 6.55. The third kappa shape index (κ3) is 5.13. The van der Waals surface area contributed by atoms with Crippen molar-refractivity contribution in [1.82, 2.24) is 0 Å². The van der Waals surface area contributed by atoms with Gasteiger partial charge in [-0.05, 0) is 24.6 Å². The highest BCUT2D eigenvalue weighted by atomic mass is 19.1. The van der Waals surface area contributed by atoms with Gasteiger partial charge in [0.1, 0.15) is 5.82 Å². The van der Waals surface area contributed by atoms with Crippen molar-refractivity contribution in [3.63, 3.8) is 0 Å². The highest BCUT2D eigenvalue weighted by Gasteiger charge is 2.11. The first-order valence-electron chi connectivity index (χ1n) is 6.55. The monoisotopic (exact) mass is 262 g/mol. The fourth-order valence-corrected chi connectivity index (χ4v) is 1.67. The number of unbranched alkanes of at least 4 members (excludes halogenated alkanes) is 4. The summed E-state index contributed by atoms with van der Waals surface area (Å²) in [4.78, 5) is 11.2. The van der Waals surface area contributed by atoms with Crippen molar-refractivity contribution in [3.05, 3.63) is 35.1 Å². The molecule has 2 nitrogen and oxygen atoms in total. The molecule has 1 aromatic rings. The molecule has 0 N–H and O–H groups in total. The molecule has 0 bridgehead atoms. The Morgan fingerprint density at radius 2 is 2.11 bits per heavy atom. The van der Waals surface area contributed by atoms with Gasteiger partial charge >= 0.3 is 5.97 Å². The van der Waals surface area contributed by atoms with E-state index in [2.05, 4.69) is 23.5 Å². The summed E-state index contributed by atoms with van der Waals surface area (Å²) in [6, 6.07) is 4.31. The Kier molecular flexibility index (Phi) is 6.67. The Morgan fingerprint density at radius 1 is 1.32 bits per heavy atom. The van der Waals surface area contributed by atoms with Gasteiger partial charge in [-0.15, -0.1) is 0 Å². The Balaban J connectivity index is 2.59. The zero-order valence-electron chi connectivity index (χ0n) is 11.5. The summed E-state index contributed by atoms with van der Waals surface area (Å²) >= 11 is 0. The molecule has 3 heteroatoms. The van der Waals surface area contributed by atoms with Crippen LogP contribution in [0, 0.1) is 17.7 Å². The predicted molar refractivity (Wildman–Crippen MR) is 73.4 cm³/mol. The van der Waals surface area contributed by atoms with Crippen molar-refractivity contribution in [1.29, 1.82) is 0 Å². The lowest BCUT2D eigenvalue weighted by atomic mass is 10.1. The van der Waals surface area contributed by atoms with Crippen molar-refractivity contribution in [3.8, 4) is 11.8 Å². The van der Waals surface area contributed by atoms with Crippen LogP contribution in [0.5, 0.6) is 0 Å². The van der Waals surface area contributed by atoms with Gasteiger partial charge in [-0.25, -0.2) is 9.18 Å². The standard InChI is InChI=1S/C16H19FO2/c1-3-4-5-6-7-8-9-13-10-11-14(15(17)12-13)16(18)19-2/h10-12H,3-7H2,1-2H3. The van der Waals surface area contributed by atoms with Crippen LogP contribution in [0.2, 0.25) is 0 Å². The molecule has 19 heavy (non-hydrogen) atoms. The minimum atomic E-state index is -0.670. The zero-order valence-corrected chi connectivity index (χ0v) is 11.5. The van der Waals surface area contributed by atoms with Gasteiger partial charge in [0.15, 0.2) is 0 Å². The number of hydrogen-bond donors (Lipinski definition) is 0. The molecule has 102 valence electrons. The Morgan fingerprint density at radius 3 is 2.74 bits per heavy atom. The van der Waals surface area contributed by atoms with Gasteiger partial charge in [-0.1, -0.05) is 38.0 Å². The van der Waals surface area contributed by atoms with Crippen LogP contribution in [0.15, 0.2) is 18.2 Å². The van der Waals surface area contributed by atoms with E-state index in [1.807, 2.05) is 0 Å². The maximum atomic E-state index is 13.6. The second-order valence-corrected chi connectivity index (χ2v) is 4.30. The second-order valence-electron chi connectivity index (χ2n) is 4.30. The third-order valence-electron chi connectivity index (χ3n) is 2.76. The number of hydrogen-bond acceptors (Lipinski definition) is 2. The quantitative estimate of drug-likeness (QED) is 0.456. The molecule has 1 aromatic carbocycles. The van der Waals surface area contributed by atoms with E-state index in [4.69, 9.17) is 0 Å². The average Bonchev–Trinajstić information content (AvgIpc) is 2.42. The van der Waals surface area contributed by atoms with Crippen LogP contribution < -0.4 is 0 Å². The Bertz CT molecular complexity index is 483. The predicted octanol–water partition coefficient (Wildman–Crippen LogP) is 3.93. The number of halogens is 1. The maximum absolute atomic E-state index is 13.6. The number of benzene rings is 1. The molecular formula is C16H19FO2. The summed E-state index contributed by atoms with van der Waals surface area (Å²) < 4.78 is 18.1. The fourth-order valence-electron chi connectivity index (χ4n) is 1.67. The first kappa shape index (κ1) is 15.2. The molecule has 0 aliphatic rings. The van der Waals surface area contributed by atoms with E-state index in [1.165, 1.54) is 38.5 Å². The third-order valence-corrected chi connectivity index (χ3v) is 2.76. The molecule has 0 saturated carbocycles. The van der Waals surface area contributed by atoms with Gasteiger partial charge in [0.25, 0.3) is 0 Å². The summed E-state index contributed by atoms with van der Waals surface area (Å²) in [5, 5.41) is 0. The van der Waals surface area contributed by atoms with Crippen molar-refractivity contribution in [2.24, 2.45) is 0 Å². The van der Waals surface area contributed by atoms with Crippen molar-refractivity contribution >= 4 is 5.97 Å². The molecule has 0 saturated heterocycles. The summed E-state index contributed by atoms with van der Waals surface area (Å²) in [7, 11) is 1.23. The zero-order chi connectivity index (χ0) is 14.1. The van der Waals surface area contributed by atoms with Crippen molar-refractivity contribution in [2.75, 3.05) is 7.11 Å². The van der Waals surface area contributed by atoms with E-state index in [0.29, 0.717) is 5.56 Å². The highest BCUT2D eigenvalue weighted by Crippen LogP contribution is 2.11. The van der Waals surface area contributed by atoms with Crippen LogP contribution in [0.1, 0.15) is 54.9 Å². The van der Waals surface area contributed by atoms with Crippen molar-refractivity contribution in [2.45, 2.75) is 39.0 Å². The van der Waals surface area contributed by atoms with Gasteiger partial charge in [0.05, 0.1) is 12.7 Å². The Hall–Kier alpha value is -1.82. The molecule has 0 atom stereocenters. The molecule has 0 radical (unpaired) electrons. The molecule has 0 heterocycles. The van der Waals surface area contributed by atoms with Gasteiger partial charge < -0.3 is 4.74 Å². The number of ether oxygens (including phenoxy) is 1. The molecule has 0 aromatic heterocycles. The molecular weight excluding hydrogens is 243 g/mol. The summed E-state index contributed by atoms with van der Waals surface area (Å²) in [6.07, 6.45) is 5.50. The lowest BCUT2D eigenvalue weighted by Gasteiger charge is -2.00. The van der Waals surface area contributed by atoms with Crippen LogP contribution in [0.4, 0.5) is 4.39 Å². The van der Waals surface area contributed by atoms with Gasteiger partial charge in [-0.3, -0.25) is 0 Å². The molecule has 0 aliphatic heterocycles. The number of methoxy groups -OCH3 is 1. The Labute approximate surface area is 114 Å². The van der Waals surface area contributed by atoms with E-state index >= 15 is 0 Å².